The molecule has 1 amide bonds. The number of carbonyl (C=O) groups excluding carboxylic acids is 1. The van der Waals surface area contributed by atoms with Crippen molar-refractivity contribution in [1.82, 2.24) is 24.6 Å². The minimum atomic E-state index is 0.0452. The van der Waals surface area contributed by atoms with E-state index in [2.05, 4.69) is 10.00 Å². The van der Waals surface area contributed by atoms with Crippen LogP contribution in [0.25, 0.3) is 11.3 Å². The van der Waals surface area contributed by atoms with E-state index in [1.54, 1.807) is 29.8 Å². The molecule has 0 N–H and O–H groups in total. The molecule has 0 unspecified atom stereocenters. The van der Waals surface area contributed by atoms with Crippen LogP contribution in [0.15, 0.2) is 30.6 Å². The quantitative estimate of drug-likeness (QED) is 0.535. The van der Waals surface area contributed by atoms with Crippen LogP contribution in [0.1, 0.15) is 31.2 Å². The molecule has 2 aliphatic heterocycles. The molecule has 3 aromatic rings. The van der Waals surface area contributed by atoms with E-state index in [1.807, 2.05) is 24.3 Å². The van der Waals surface area contributed by atoms with Gasteiger partial charge in [-0.15, -0.1) is 0 Å². The van der Waals surface area contributed by atoms with Crippen molar-refractivity contribution >= 4 is 34.9 Å². The molecule has 2 aromatic heterocycles. The van der Waals surface area contributed by atoms with Gasteiger partial charge in [-0.05, 0) is 12.1 Å². The second-order valence-corrected chi connectivity index (χ2v) is 9.61. The lowest BCUT2D eigenvalue weighted by Gasteiger charge is -2.35. The van der Waals surface area contributed by atoms with Crippen LogP contribution in [0.5, 0.6) is 5.75 Å². The molecule has 178 valence electrons. The lowest BCUT2D eigenvalue weighted by atomic mass is 10.1. The van der Waals surface area contributed by atoms with E-state index in [0.717, 1.165) is 54.4 Å². The highest BCUT2D eigenvalue weighted by molar-refractivity contribution is 6.34. The van der Waals surface area contributed by atoms with Crippen LogP contribution in [0.3, 0.4) is 0 Å². The Labute approximate surface area is 208 Å². The van der Waals surface area contributed by atoms with Crippen molar-refractivity contribution in [3.63, 3.8) is 0 Å². The Morgan fingerprint density at radius 1 is 1.12 bits per heavy atom. The largest absolute Gasteiger partial charge is 0.489 e. The summed E-state index contributed by atoms with van der Waals surface area (Å²) in [6.07, 6.45) is 6.15. The predicted octanol–water partition coefficient (Wildman–Crippen LogP) is 4.14. The Morgan fingerprint density at radius 2 is 1.91 bits per heavy atom. The fourth-order valence-corrected chi connectivity index (χ4v) is 4.81. The summed E-state index contributed by atoms with van der Waals surface area (Å²) >= 11 is 12.4. The van der Waals surface area contributed by atoms with Crippen molar-refractivity contribution in [2.24, 2.45) is 7.05 Å². The molecule has 0 bridgehead atoms. The van der Waals surface area contributed by atoms with Gasteiger partial charge in [-0.2, -0.15) is 5.10 Å². The second-order valence-electron chi connectivity index (χ2n) is 8.76. The van der Waals surface area contributed by atoms with Gasteiger partial charge < -0.3 is 14.5 Å². The third kappa shape index (κ3) is 4.70. The smallest absolute Gasteiger partial charge is 0.219 e. The number of anilines is 1. The summed E-state index contributed by atoms with van der Waals surface area (Å²) in [5.41, 5.74) is 3.54. The minimum Gasteiger partial charge on any atom is -0.489 e. The molecule has 1 saturated heterocycles. The van der Waals surface area contributed by atoms with E-state index < -0.39 is 0 Å². The monoisotopic (exact) mass is 500 g/mol. The van der Waals surface area contributed by atoms with Crippen molar-refractivity contribution in [1.29, 1.82) is 0 Å². The molecule has 2 aliphatic rings. The predicted molar refractivity (Wildman–Crippen MR) is 131 cm³/mol. The van der Waals surface area contributed by atoms with E-state index >= 15 is 0 Å². The second kappa shape index (κ2) is 9.43. The number of rotatable bonds is 4. The average Bonchev–Trinajstić information content (AvgIpc) is 3.27. The molecule has 0 saturated carbocycles. The van der Waals surface area contributed by atoms with Crippen molar-refractivity contribution in [3.05, 3.63) is 52.0 Å². The summed E-state index contributed by atoms with van der Waals surface area (Å²) in [6, 6.07) is 5.27. The summed E-state index contributed by atoms with van der Waals surface area (Å²) in [7, 11) is 1.89. The molecule has 4 heterocycles. The third-order valence-electron chi connectivity index (χ3n) is 6.34. The number of nitrogens with zero attached hydrogens (tertiary/aromatic N) is 6. The van der Waals surface area contributed by atoms with Gasteiger partial charge in [-0.3, -0.25) is 9.48 Å². The topological polar surface area (TPSA) is 76.4 Å². The number of aromatic nitrogens is 4. The van der Waals surface area contributed by atoms with E-state index in [9.17, 15) is 4.79 Å². The molecule has 5 rings (SSSR count). The van der Waals surface area contributed by atoms with Crippen LogP contribution >= 0.6 is 23.2 Å². The van der Waals surface area contributed by atoms with Crippen LogP contribution in [-0.4, -0.2) is 56.3 Å². The van der Waals surface area contributed by atoms with E-state index in [1.165, 1.54) is 0 Å². The first-order chi connectivity index (χ1) is 16.4. The summed E-state index contributed by atoms with van der Waals surface area (Å²) in [5, 5.41) is 5.49. The van der Waals surface area contributed by atoms with Crippen LogP contribution in [0.4, 0.5) is 5.82 Å². The first-order valence-electron chi connectivity index (χ1n) is 11.4. The SMILES string of the molecule is CC(=O)N1CCc2nc(N3CCC(Oc4cc(Cl)ccc4Cl)CC3)c(-c3cnn(C)c3)nc2C1. The normalized spacial score (nSPS) is 16.5. The number of piperidine rings is 1. The summed E-state index contributed by atoms with van der Waals surface area (Å²) in [4.78, 5) is 26.1. The summed E-state index contributed by atoms with van der Waals surface area (Å²) in [5.74, 6) is 1.54. The standard InChI is InChI=1S/C24H26Cl2N6O2/c1-15(33)32-10-7-20-21(14-32)28-23(16-12-27-30(2)13-16)24(29-20)31-8-5-18(6-9-31)34-22-11-17(25)3-4-19(22)26/h3-4,11-13,18H,5-10,14H2,1-2H3. The molecular weight excluding hydrogens is 475 g/mol. The Morgan fingerprint density at radius 3 is 2.62 bits per heavy atom. The molecule has 0 aliphatic carbocycles. The molecule has 1 fully saturated rings. The first kappa shape index (κ1) is 22.9. The van der Waals surface area contributed by atoms with Gasteiger partial charge in [0, 0.05) is 75.7 Å². The van der Waals surface area contributed by atoms with Crippen molar-refractivity contribution < 1.29 is 9.53 Å². The number of ether oxygens (including phenoxy) is 1. The van der Waals surface area contributed by atoms with Gasteiger partial charge in [0.15, 0.2) is 5.82 Å². The van der Waals surface area contributed by atoms with Gasteiger partial charge >= 0.3 is 0 Å². The van der Waals surface area contributed by atoms with Gasteiger partial charge in [0.2, 0.25) is 5.91 Å². The molecular formula is C24H26Cl2N6O2. The Bertz CT molecular complexity index is 1220. The molecule has 1 aromatic carbocycles. The number of amides is 1. The zero-order valence-electron chi connectivity index (χ0n) is 19.2. The third-order valence-corrected chi connectivity index (χ3v) is 6.89. The van der Waals surface area contributed by atoms with Gasteiger partial charge in [0.05, 0.1) is 29.2 Å². The number of carbonyl (C=O) groups is 1. The lowest BCUT2D eigenvalue weighted by molar-refractivity contribution is -0.129. The fraction of sp³-hybridized carbons (Fsp3) is 0.417. The maximum Gasteiger partial charge on any atom is 0.219 e. The van der Waals surface area contributed by atoms with Gasteiger partial charge in [-0.1, -0.05) is 23.2 Å². The molecule has 10 heteroatoms. The van der Waals surface area contributed by atoms with Crippen molar-refractivity contribution in [2.45, 2.75) is 38.8 Å². The highest BCUT2D eigenvalue weighted by atomic mass is 35.5. The highest BCUT2D eigenvalue weighted by Gasteiger charge is 2.28. The first-order valence-corrected chi connectivity index (χ1v) is 12.1. The van der Waals surface area contributed by atoms with Gasteiger partial charge in [-0.25, -0.2) is 9.97 Å². The fourth-order valence-electron chi connectivity index (χ4n) is 4.48. The number of hydrogen-bond acceptors (Lipinski definition) is 6. The molecule has 8 nitrogen and oxygen atoms in total. The van der Waals surface area contributed by atoms with E-state index in [0.29, 0.717) is 35.3 Å². The Balaban J connectivity index is 1.39. The Kier molecular flexibility index (Phi) is 6.36. The maximum absolute atomic E-state index is 11.9. The number of aryl methyl sites for hydroxylation is 1. The minimum absolute atomic E-state index is 0.0452. The van der Waals surface area contributed by atoms with Gasteiger partial charge in [0.25, 0.3) is 0 Å². The summed E-state index contributed by atoms with van der Waals surface area (Å²) < 4.78 is 7.93. The zero-order chi connectivity index (χ0) is 23.8. The maximum atomic E-state index is 11.9. The number of hydrogen-bond donors (Lipinski definition) is 0. The highest BCUT2D eigenvalue weighted by Crippen LogP contribution is 2.34. The molecule has 0 atom stereocenters. The zero-order valence-corrected chi connectivity index (χ0v) is 20.7. The number of fused-ring (bicyclic) bond motifs is 1. The molecule has 0 radical (unpaired) electrons. The van der Waals surface area contributed by atoms with E-state index in [-0.39, 0.29) is 12.0 Å². The molecule has 0 spiro atoms. The van der Waals surface area contributed by atoms with E-state index in [4.69, 9.17) is 37.9 Å². The Hall–Kier alpha value is -2.84. The summed E-state index contributed by atoms with van der Waals surface area (Å²) in [6.45, 7) is 4.31. The van der Waals surface area contributed by atoms with Crippen molar-refractivity contribution in [3.8, 4) is 17.0 Å². The van der Waals surface area contributed by atoms with Gasteiger partial charge in [0.1, 0.15) is 17.5 Å². The van der Waals surface area contributed by atoms with Crippen LogP contribution < -0.4 is 9.64 Å². The number of halogens is 2. The number of benzene rings is 1. The lowest BCUT2D eigenvalue weighted by Crippen LogP contribution is -2.40. The van der Waals surface area contributed by atoms with Crippen LogP contribution in [0, 0.1) is 0 Å². The van der Waals surface area contributed by atoms with Crippen LogP contribution in [-0.2, 0) is 24.8 Å². The van der Waals surface area contributed by atoms with Crippen molar-refractivity contribution in [2.75, 3.05) is 24.5 Å². The van der Waals surface area contributed by atoms with Crippen LogP contribution in [0.2, 0.25) is 10.0 Å². The average molecular weight is 501 g/mol. The molecule has 34 heavy (non-hydrogen) atoms.